The van der Waals surface area contributed by atoms with Crippen molar-refractivity contribution in [1.82, 2.24) is 0 Å². The Labute approximate surface area is 69.1 Å². The third kappa shape index (κ3) is 2.05. The normalized spacial score (nSPS) is 24.1. The summed E-state index contributed by atoms with van der Waals surface area (Å²) in [5.74, 6) is 0.814. The van der Waals surface area contributed by atoms with Gasteiger partial charge >= 0.3 is 0 Å². The molecule has 0 N–H and O–H groups in total. The first-order valence-corrected chi connectivity index (χ1v) is 4.67. The van der Waals surface area contributed by atoms with Crippen LogP contribution in [-0.4, -0.2) is 5.25 Å². The number of hydrogen-bond donors (Lipinski definition) is 1. The molecule has 0 spiro atoms. The largest absolute Gasteiger partial charge is 0.171 e. The molecule has 1 unspecified atom stereocenters. The standard InChI is InChI=1S/C9H16S/c1-2-9(10)8-6-4-3-5-7-8/h2,8-10H,1,3-7H2. The molecule has 58 valence electrons. The summed E-state index contributed by atoms with van der Waals surface area (Å²) in [5, 5.41) is 0.445. The molecule has 1 aliphatic carbocycles. The quantitative estimate of drug-likeness (QED) is 0.461. The van der Waals surface area contributed by atoms with Crippen molar-refractivity contribution in [3.8, 4) is 0 Å². The Morgan fingerprint density at radius 3 is 2.40 bits per heavy atom. The molecule has 0 amide bonds. The second kappa shape index (κ2) is 4.07. The van der Waals surface area contributed by atoms with Crippen LogP contribution in [0.2, 0.25) is 0 Å². The zero-order chi connectivity index (χ0) is 7.40. The molecule has 1 aliphatic rings. The van der Waals surface area contributed by atoms with Gasteiger partial charge in [0.2, 0.25) is 0 Å². The average Bonchev–Trinajstić information content (AvgIpc) is 2.05. The van der Waals surface area contributed by atoms with Crippen LogP contribution < -0.4 is 0 Å². The van der Waals surface area contributed by atoms with Gasteiger partial charge in [0, 0.05) is 5.25 Å². The van der Waals surface area contributed by atoms with E-state index in [0.29, 0.717) is 5.25 Å². The van der Waals surface area contributed by atoms with E-state index in [4.69, 9.17) is 0 Å². The molecule has 0 aromatic rings. The Balaban J connectivity index is 2.30. The first-order chi connectivity index (χ1) is 4.84. The van der Waals surface area contributed by atoms with Gasteiger partial charge in [-0.25, -0.2) is 0 Å². The van der Waals surface area contributed by atoms with Crippen LogP contribution in [-0.2, 0) is 0 Å². The predicted molar refractivity (Wildman–Crippen MR) is 49.5 cm³/mol. The molecular weight excluding hydrogens is 140 g/mol. The van der Waals surface area contributed by atoms with Gasteiger partial charge in [0.1, 0.15) is 0 Å². The van der Waals surface area contributed by atoms with Crippen molar-refractivity contribution in [1.29, 1.82) is 0 Å². The maximum absolute atomic E-state index is 4.45. The van der Waals surface area contributed by atoms with Crippen LogP contribution in [0.1, 0.15) is 32.1 Å². The van der Waals surface area contributed by atoms with E-state index in [1.54, 1.807) is 0 Å². The molecular formula is C9H16S. The molecule has 0 radical (unpaired) electrons. The van der Waals surface area contributed by atoms with E-state index in [2.05, 4.69) is 19.2 Å². The molecule has 0 heterocycles. The Hall–Kier alpha value is 0.0900. The van der Waals surface area contributed by atoms with Crippen LogP contribution in [0.4, 0.5) is 0 Å². The lowest BCUT2D eigenvalue weighted by Crippen LogP contribution is -2.15. The van der Waals surface area contributed by atoms with E-state index in [1.165, 1.54) is 32.1 Å². The molecule has 0 saturated heterocycles. The van der Waals surface area contributed by atoms with Crippen molar-refractivity contribution < 1.29 is 0 Å². The van der Waals surface area contributed by atoms with Gasteiger partial charge in [0.15, 0.2) is 0 Å². The summed E-state index contributed by atoms with van der Waals surface area (Å²) in [6.45, 7) is 3.76. The molecule has 1 fully saturated rings. The third-order valence-corrected chi connectivity index (χ3v) is 3.01. The molecule has 10 heavy (non-hydrogen) atoms. The summed E-state index contributed by atoms with van der Waals surface area (Å²) in [7, 11) is 0. The van der Waals surface area contributed by atoms with Crippen molar-refractivity contribution in [2.75, 3.05) is 0 Å². The lowest BCUT2D eigenvalue weighted by atomic mass is 9.87. The molecule has 1 heteroatoms. The number of hydrogen-bond acceptors (Lipinski definition) is 1. The lowest BCUT2D eigenvalue weighted by molar-refractivity contribution is 0.369. The van der Waals surface area contributed by atoms with Crippen molar-refractivity contribution in [3.05, 3.63) is 12.7 Å². The van der Waals surface area contributed by atoms with Crippen LogP contribution in [0.3, 0.4) is 0 Å². The maximum Gasteiger partial charge on any atom is 0.0222 e. The summed E-state index contributed by atoms with van der Waals surface area (Å²) in [5.41, 5.74) is 0. The van der Waals surface area contributed by atoms with E-state index >= 15 is 0 Å². The lowest BCUT2D eigenvalue weighted by Gasteiger charge is -2.24. The van der Waals surface area contributed by atoms with E-state index < -0.39 is 0 Å². The Kier molecular flexibility index (Phi) is 3.33. The minimum Gasteiger partial charge on any atom is -0.171 e. The van der Waals surface area contributed by atoms with E-state index in [9.17, 15) is 0 Å². The summed E-state index contributed by atoms with van der Waals surface area (Å²) < 4.78 is 0. The number of thiol groups is 1. The molecule has 1 saturated carbocycles. The summed E-state index contributed by atoms with van der Waals surface area (Å²) >= 11 is 4.45. The Morgan fingerprint density at radius 1 is 1.30 bits per heavy atom. The first-order valence-electron chi connectivity index (χ1n) is 4.15. The van der Waals surface area contributed by atoms with Crippen molar-refractivity contribution in [3.63, 3.8) is 0 Å². The van der Waals surface area contributed by atoms with Crippen LogP contribution in [0.15, 0.2) is 12.7 Å². The molecule has 0 nitrogen and oxygen atoms in total. The average molecular weight is 156 g/mol. The van der Waals surface area contributed by atoms with Gasteiger partial charge in [-0.3, -0.25) is 0 Å². The highest BCUT2D eigenvalue weighted by Crippen LogP contribution is 2.29. The van der Waals surface area contributed by atoms with Gasteiger partial charge in [-0.15, -0.1) is 6.58 Å². The minimum atomic E-state index is 0.445. The SMILES string of the molecule is C=CC(S)C1CCCCC1. The second-order valence-corrected chi connectivity index (χ2v) is 3.72. The van der Waals surface area contributed by atoms with Crippen LogP contribution >= 0.6 is 12.6 Å². The molecule has 0 aromatic carbocycles. The van der Waals surface area contributed by atoms with Gasteiger partial charge in [0.25, 0.3) is 0 Å². The van der Waals surface area contributed by atoms with Crippen molar-refractivity contribution in [2.24, 2.45) is 5.92 Å². The van der Waals surface area contributed by atoms with Gasteiger partial charge in [-0.1, -0.05) is 25.3 Å². The molecule has 0 aromatic heterocycles. The van der Waals surface area contributed by atoms with Gasteiger partial charge in [0.05, 0.1) is 0 Å². The second-order valence-electron chi connectivity index (χ2n) is 3.12. The molecule has 1 rings (SSSR count). The fourth-order valence-electron chi connectivity index (χ4n) is 1.67. The maximum atomic E-state index is 4.45. The highest BCUT2D eigenvalue weighted by Gasteiger charge is 2.17. The monoisotopic (exact) mass is 156 g/mol. The van der Waals surface area contributed by atoms with E-state index in [1.807, 2.05) is 6.08 Å². The third-order valence-electron chi connectivity index (χ3n) is 2.37. The molecule has 0 bridgehead atoms. The van der Waals surface area contributed by atoms with Gasteiger partial charge in [-0.2, -0.15) is 12.6 Å². The molecule has 1 atom stereocenters. The van der Waals surface area contributed by atoms with Crippen molar-refractivity contribution in [2.45, 2.75) is 37.4 Å². The summed E-state index contributed by atoms with van der Waals surface area (Å²) in [6.07, 6.45) is 8.92. The fraction of sp³-hybridized carbons (Fsp3) is 0.778. The topological polar surface area (TPSA) is 0 Å². The highest BCUT2D eigenvalue weighted by molar-refractivity contribution is 7.81. The van der Waals surface area contributed by atoms with Crippen molar-refractivity contribution >= 4 is 12.6 Å². The zero-order valence-corrected chi connectivity index (χ0v) is 7.32. The predicted octanol–water partition coefficient (Wildman–Crippen LogP) is 3.05. The first kappa shape index (κ1) is 8.19. The Morgan fingerprint density at radius 2 is 1.90 bits per heavy atom. The molecule has 0 aliphatic heterocycles. The Bertz CT molecular complexity index is 103. The van der Waals surface area contributed by atoms with E-state index in [-0.39, 0.29) is 0 Å². The zero-order valence-electron chi connectivity index (χ0n) is 6.42. The van der Waals surface area contributed by atoms with E-state index in [0.717, 1.165) is 5.92 Å². The van der Waals surface area contributed by atoms with Gasteiger partial charge in [-0.05, 0) is 18.8 Å². The van der Waals surface area contributed by atoms with Crippen LogP contribution in [0, 0.1) is 5.92 Å². The minimum absolute atomic E-state index is 0.445. The summed E-state index contributed by atoms with van der Waals surface area (Å²) in [6, 6.07) is 0. The van der Waals surface area contributed by atoms with Crippen LogP contribution in [0.25, 0.3) is 0 Å². The van der Waals surface area contributed by atoms with Gasteiger partial charge < -0.3 is 0 Å². The number of rotatable bonds is 2. The summed E-state index contributed by atoms with van der Waals surface area (Å²) in [4.78, 5) is 0. The highest BCUT2D eigenvalue weighted by atomic mass is 32.1. The van der Waals surface area contributed by atoms with Crippen LogP contribution in [0.5, 0.6) is 0 Å². The fourth-order valence-corrected chi connectivity index (χ4v) is 1.97. The smallest absolute Gasteiger partial charge is 0.0222 e.